The molecule has 2 aromatic rings. The van der Waals surface area contributed by atoms with Gasteiger partial charge in [-0.1, -0.05) is 49.4 Å². The van der Waals surface area contributed by atoms with Crippen LogP contribution in [0.15, 0.2) is 77.9 Å². The molecular formula is C25H29NO2. The molecule has 1 aliphatic carbocycles. The number of rotatable bonds is 8. The lowest BCUT2D eigenvalue weighted by Gasteiger charge is -2.17. The molecule has 0 aliphatic heterocycles. The van der Waals surface area contributed by atoms with Crippen LogP contribution in [0.4, 0.5) is 0 Å². The smallest absolute Gasteiger partial charge is 0.119 e. The van der Waals surface area contributed by atoms with Crippen LogP contribution in [0.1, 0.15) is 30.9 Å². The normalized spacial score (nSPS) is 14.2. The topological polar surface area (TPSA) is 32.7 Å². The monoisotopic (exact) mass is 375 g/mol. The van der Waals surface area contributed by atoms with Crippen LogP contribution in [-0.4, -0.2) is 37.3 Å². The van der Waals surface area contributed by atoms with Crippen molar-refractivity contribution in [3.63, 3.8) is 0 Å². The average Bonchev–Trinajstić information content (AvgIpc) is 3.22. The van der Waals surface area contributed by atoms with E-state index < -0.39 is 0 Å². The SMILES string of the molecule is CC/C(C1=CCC=C1)=C(\c1ccc(O)cc1)c1ccc(OCCN(C)C)cc1. The summed E-state index contributed by atoms with van der Waals surface area (Å²) in [5, 5.41) is 9.72. The summed E-state index contributed by atoms with van der Waals surface area (Å²) in [6.07, 6.45) is 8.60. The highest BCUT2D eigenvalue weighted by atomic mass is 16.5. The summed E-state index contributed by atoms with van der Waals surface area (Å²) in [7, 11) is 4.08. The molecule has 3 nitrogen and oxygen atoms in total. The van der Waals surface area contributed by atoms with Crippen LogP contribution in [0.25, 0.3) is 5.57 Å². The van der Waals surface area contributed by atoms with Gasteiger partial charge in [0.2, 0.25) is 0 Å². The molecule has 0 saturated carbocycles. The van der Waals surface area contributed by atoms with Crippen molar-refractivity contribution in [1.29, 1.82) is 0 Å². The van der Waals surface area contributed by atoms with Gasteiger partial charge < -0.3 is 14.7 Å². The molecule has 0 radical (unpaired) electrons. The first-order chi connectivity index (χ1) is 13.6. The van der Waals surface area contributed by atoms with Gasteiger partial charge >= 0.3 is 0 Å². The Hall–Kier alpha value is -2.78. The van der Waals surface area contributed by atoms with Crippen molar-refractivity contribution >= 4 is 5.57 Å². The molecule has 3 heteroatoms. The summed E-state index contributed by atoms with van der Waals surface area (Å²) in [6, 6.07) is 15.8. The molecule has 0 heterocycles. The molecule has 0 fully saturated rings. The van der Waals surface area contributed by atoms with Crippen LogP contribution in [0, 0.1) is 0 Å². The Bertz CT molecular complexity index is 872. The Kier molecular flexibility index (Phi) is 6.72. The van der Waals surface area contributed by atoms with Crippen LogP contribution in [0.5, 0.6) is 11.5 Å². The van der Waals surface area contributed by atoms with Crippen molar-refractivity contribution in [3.8, 4) is 11.5 Å². The number of likely N-dealkylation sites (N-methyl/N-ethyl adjacent to an activating group) is 1. The van der Waals surface area contributed by atoms with Gasteiger partial charge in [0.1, 0.15) is 18.1 Å². The minimum Gasteiger partial charge on any atom is -0.508 e. The van der Waals surface area contributed by atoms with Crippen LogP contribution >= 0.6 is 0 Å². The molecular weight excluding hydrogens is 346 g/mol. The predicted molar refractivity (Wildman–Crippen MR) is 117 cm³/mol. The predicted octanol–water partition coefficient (Wildman–Crippen LogP) is 5.43. The molecule has 0 unspecified atom stereocenters. The van der Waals surface area contributed by atoms with Gasteiger partial charge in [0, 0.05) is 6.54 Å². The maximum Gasteiger partial charge on any atom is 0.119 e. The van der Waals surface area contributed by atoms with E-state index in [0.717, 1.165) is 36.3 Å². The highest BCUT2D eigenvalue weighted by Gasteiger charge is 2.15. The van der Waals surface area contributed by atoms with Crippen LogP contribution in [-0.2, 0) is 0 Å². The van der Waals surface area contributed by atoms with Crippen LogP contribution in [0.2, 0.25) is 0 Å². The van der Waals surface area contributed by atoms with E-state index in [0.29, 0.717) is 6.61 Å². The van der Waals surface area contributed by atoms with E-state index in [1.807, 2.05) is 38.4 Å². The molecule has 0 bridgehead atoms. The first-order valence-electron chi connectivity index (χ1n) is 9.86. The standard InChI is InChI=1S/C25H29NO2/c1-4-24(19-7-5-6-8-19)25(20-9-13-22(27)14-10-20)21-11-15-23(16-12-21)28-18-17-26(2)3/h5,7-16,27H,4,6,17-18H2,1-3H3/b25-24-. The Balaban J connectivity index is 1.97. The Morgan fingerprint density at radius 1 is 1.00 bits per heavy atom. The van der Waals surface area contributed by atoms with Gasteiger partial charge in [0.25, 0.3) is 0 Å². The van der Waals surface area contributed by atoms with Crippen molar-refractivity contribution in [2.24, 2.45) is 0 Å². The number of hydrogen-bond acceptors (Lipinski definition) is 3. The summed E-state index contributed by atoms with van der Waals surface area (Å²) in [5.74, 6) is 1.17. The molecule has 1 aliphatic rings. The van der Waals surface area contributed by atoms with E-state index in [2.05, 4.69) is 42.2 Å². The van der Waals surface area contributed by atoms with E-state index >= 15 is 0 Å². The zero-order valence-electron chi connectivity index (χ0n) is 17.0. The summed E-state index contributed by atoms with van der Waals surface area (Å²) in [4.78, 5) is 2.11. The van der Waals surface area contributed by atoms with E-state index in [-0.39, 0.29) is 5.75 Å². The van der Waals surface area contributed by atoms with Crippen molar-refractivity contribution in [2.75, 3.05) is 27.2 Å². The van der Waals surface area contributed by atoms with E-state index in [4.69, 9.17) is 4.74 Å². The summed E-state index contributed by atoms with van der Waals surface area (Å²) >= 11 is 0. The summed E-state index contributed by atoms with van der Waals surface area (Å²) in [6.45, 7) is 3.76. The second-order valence-electron chi connectivity index (χ2n) is 7.23. The lowest BCUT2D eigenvalue weighted by atomic mass is 9.88. The third kappa shape index (κ3) is 4.93. The average molecular weight is 376 g/mol. The van der Waals surface area contributed by atoms with Crippen molar-refractivity contribution in [3.05, 3.63) is 89.0 Å². The number of hydrogen-bond donors (Lipinski definition) is 1. The lowest BCUT2D eigenvalue weighted by molar-refractivity contribution is 0.261. The van der Waals surface area contributed by atoms with Crippen LogP contribution < -0.4 is 4.74 Å². The number of ether oxygens (including phenoxy) is 1. The molecule has 0 amide bonds. The number of aromatic hydroxyl groups is 1. The van der Waals surface area contributed by atoms with Crippen molar-refractivity contribution < 1.29 is 9.84 Å². The zero-order valence-corrected chi connectivity index (χ0v) is 17.0. The van der Waals surface area contributed by atoms with Crippen LogP contribution in [0.3, 0.4) is 0 Å². The molecule has 0 spiro atoms. The molecule has 3 rings (SSSR count). The minimum atomic E-state index is 0.283. The first-order valence-corrected chi connectivity index (χ1v) is 9.86. The van der Waals surface area contributed by atoms with Gasteiger partial charge in [-0.15, -0.1) is 0 Å². The second kappa shape index (κ2) is 9.43. The fraction of sp³-hybridized carbons (Fsp3) is 0.280. The molecule has 0 saturated heterocycles. The van der Waals surface area contributed by atoms with Gasteiger partial charge in [0.15, 0.2) is 0 Å². The zero-order chi connectivity index (χ0) is 19.9. The van der Waals surface area contributed by atoms with Gasteiger partial charge in [-0.25, -0.2) is 0 Å². The molecule has 0 aromatic heterocycles. The van der Waals surface area contributed by atoms with Gasteiger partial charge in [-0.05, 0) is 79.0 Å². The quantitative estimate of drug-likeness (QED) is 0.668. The first kappa shape index (κ1) is 20.0. The van der Waals surface area contributed by atoms with E-state index in [9.17, 15) is 5.11 Å². The van der Waals surface area contributed by atoms with Crippen molar-refractivity contribution in [1.82, 2.24) is 4.90 Å². The second-order valence-corrected chi connectivity index (χ2v) is 7.23. The Morgan fingerprint density at radius 2 is 1.64 bits per heavy atom. The Morgan fingerprint density at radius 3 is 2.18 bits per heavy atom. The molecule has 0 atom stereocenters. The van der Waals surface area contributed by atoms with Gasteiger partial charge in [-0.2, -0.15) is 0 Å². The third-order valence-corrected chi connectivity index (χ3v) is 4.88. The Labute approximate surface area is 168 Å². The number of allylic oxidation sites excluding steroid dienone is 5. The maximum atomic E-state index is 9.72. The molecule has 146 valence electrons. The highest BCUT2D eigenvalue weighted by Crippen LogP contribution is 2.35. The van der Waals surface area contributed by atoms with E-state index in [1.165, 1.54) is 16.7 Å². The lowest BCUT2D eigenvalue weighted by Crippen LogP contribution is -2.19. The highest BCUT2D eigenvalue weighted by molar-refractivity contribution is 5.85. The molecule has 1 N–H and O–H groups in total. The fourth-order valence-corrected chi connectivity index (χ4v) is 3.41. The van der Waals surface area contributed by atoms with Gasteiger partial charge in [-0.3, -0.25) is 0 Å². The number of phenolic OH excluding ortho intramolecular Hbond substituents is 1. The molecule has 2 aromatic carbocycles. The number of benzene rings is 2. The number of phenols is 1. The molecule has 28 heavy (non-hydrogen) atoms. The van der Waals surface area contributed by atoms with Crippen molar-refractivity contribution in [2.45, 2.75) is 19.8 Å². The fourth-order valence-electron chi connectivity index (χ4n) is 3.41. The number of nitrogens with zero attached hydrogens (tertiary/aromatic N) is 1. The summed E-state index contributed by atoms with van der Waals surface area (Å²) in [5.41, 5.74) is 6.08. The summed E-state index contributed by atoms with van der Waals surface area (Å²) < 4.78 is 5.85. The largest absolute Gasteiger partial charge is 0.508 e. The third-order valence-electron chi connectivity index (χ3n) is 4.88. The maximum absolute atomic E-state index is 9.72. The van der Waals surface area contributed by atoms with Gasteiger partial charge in [0.05, 0.1) is 0 Å². The minimum absolute atomic E-state index is 0.283. The van der Waals surface area contributed by atoms with E-state index in [1.54, 1.807) is 12.1 Å².